The van der Waals surface area contributed by atoms with E-state index in [4.69, 9.17) is 9.47 Å². The van der Waals surface area contributed by atoms with Crippen LogP contribution in [0.3, 0.4) is 0 Å². The van der Waals surface area contributed by atoms with Crippen LogP contribution in [0.25, 0.3) is 0 Å². The molecule has 0 saturated heterocycles. The molecule has 1 atom stereocenters. The Morgan fingerprint density at radius 1 is 1.25 bits per heavy atom. The number of thiophene rings is 1. The van der Waals surface area contributed by atoms with Crippen molar-refractivity contribution in [3.05, 3.63) is 21.9 Å². The fourth-order valence-electron chi connectivity index (χ4n) is 1.46. The predicted molar refractivity (Wildman–Crippen MR) is 79.2 cm³/mol. The molecule has 0 bridgehead atoms. The van der Waals surface area contributed by atoms with E-state index in [1.54, 1.807) is 13.0 Å². The fourth-order valence-corrected chi connectivity index (χ4v) is 2.25. The van der Waals surface area contributed by atoms with Gasteiger partial charge < -0.3 is 9.47 Å². The highest BCUT2D eigenvalue weighted by atomic mass is 32.1. The molecule has 1 aromatic rings. The summed E-state index contributed by atoms with van der Waals surface area (Å²) in [4.78, 5) is 25.1. The van der Waals surface area contributed by atoms with E-state index < -0.39 is 12.1 Å². The zero-order valence-electron chi connectivity index (χ0n) is 12.5. The summed E-state index contributed by atoms with van der Waals surface area (Å²) in [5.74, 6) is -0.136. The average Bonchev–Trinajstić information content (AvgIpc) is 2.81. The molecule has 1 unspecified atom stereocenters. The molecule has 20 heavy (non-hydrogen) atoms. The number of rotatable bonds is 8. The molecule has 0 aromatic carbocycles. The Balaban J connectivity index is 2.30. The standard InChI is InChI=1S/C15H22O4S/c1-10(2)7-8-18-12(4)15(17)19-9-13(16)14-6-5-11(3)20-14/h5-6,10,12H,7-9H2,1-4H3. The first-order valence-electron chi connectivity index (χ1n) is 6.78. The van der Waals surface area contributed by atoms with Gasteiger partial charge in [0.1, 0.15) is 0 Å². The number of carbonyl (C=O) groups is 2. The zero-order valence-corrected chi connectivity index (χ0v) is 13.3. The van der Waals surface area contributed by atoms with Gasteiger partial charge in [0.15, 0.2) is 12.7 Å². The normalized spacial score (nSPS) is 12.4. The zero-order chi connectivity index (χ0) is 15.1. The van der Waals surface area contributed by atoms with Crippen LogP contribution in [0.5, 0.6) is 0 Å². The Hall–Kier alpha value is -1.20. The summed E-state index contributed by atoms with van der Waals surface area (Å²) in [6.07, 6.45) is 0.261. The van der Waals surface area contributed by atoms with E-state index in [-0.39, 0.29) is 12.4 Å². The molecule has 0 radical (unpaired) electrons. The topological polar surface area (TPSA) is 52.6 Å². The Bertz CT molecular complexity index is 450. The third-order valence-corrected chi connectivity index (χ3v) is 3.80. The molecule has 0 aliphatic rings. The first kappa shape index (κ1) is 16.9. The van der Waals surface area contributed by atoms with Crippen molar-refractivity contribution in [3.8, 4) is 0 Å². The molecule has 4 nitrogen and oxygen atoms in total. The van der Waals surface area contributed by atoms with Gasteiger partial charge in [-0.1, -0.05) is 13.8 Å². The number of ketones is 1. The Labute approximate surface area is 124 Å². The van der Waals surface area contributed by atoms with Crippen LogP contribution in [0.2, 0.25) is 0 Å². The van der Waals surface area contributed by atoms with Crippen LogP contribution in [0.15, 0.2) is 12.1 Å². The van der Waals surface area contributed by atoms with Gasteiger partial charge in [0.25, 0.3) is 0 Å². The van der Waals surface area contributed by atoms with Gasteiger partial charge in [0, 0.05) is 11.5 Å². The van der Waals surface area contributed by atoms with Crippen molar-refractivity contribution >= 4 is 23.1 Å². The summed E-state index contributed by atoms with van der Waals surface area (Å²) in [5.41, 5.74) is 0. The predicted octanol–water partition coefficient (Wildman–Crippen LogP) is 3.23. The summed E-state index contributed by atoms with van der Waals surface area (Å²) in [7, 11) is 0. The second-order valence-electron chi connectivity index (χ2n) is 5.14. The first-order valence-corrected chi connectivity index (χ1v) is 7.59. The maximum atomic E-state index is 11.8. The van der Waals surface area contributed by atoms with Crippen molar-refractivity contribution < 1.29 is 19.1 Å². The van der Waals surface area contributed by atoms with Crippen LogP contribution >= 0.6 is 11.3 Å². The SMILES string of the molecule is Cc1ccc(C(=O)COC(=O)C(C)OCCC(C)C)s1. The summed E-state index contributed by atoms with van der Waals surface area (Å²) >= 11 is 1.40. The van der Waals surface area contributed by atoms with E-state index in [1.165, 1.54) is 11.3 Å². The molecule has 0 aliphatic heterocycles. The Morgan fingerprint density at radius 2 is 1.95 bits per heavy atom. The lowest BCUT2D eigenvalue weighted by atomic mass is 10.1. The van der Waals surface area contributed by atoms with Gasteiger partial charge in [0.05, 0.1) is 4.88 Å². The lowest BCUT2D eigenvalue weighted by Gasteiger charge is -2.13. The summed E-state index contributed by atoms with van der Waals surface area (Å²) < 4.78 is 10.4. The number of esters is 1. The van der Waals surface area contributed by atoms with Gasteiger partial charge in [-0.3, -0.25) is 4.79 Å². The average molecular weight is 298 g/mol. The van der Waals surface area contributed by atoms with Gasteiger partial charge in [-0.25, -0.2) is 4.79 Å². The van der Waals surface area contributed by atoms with Crippen molar-refractivity contribution in [1.82, 2.24) is 0 Å². The van der Waals surface area contributed by atoms with Gasteiger partial charge in [-0.15, -0.1) is 11.3 Å². The molecule has 0 spiro atoms. The molecule has 1 aromatic heterocycles. The van der Waals surface area contributed by atoms with Crippen LogP contribution in [0.1, 0.15) is 41.7 Å². The Kier molecular flexibility index (Phi) is 6.88. The highest BCUT2D eigenvalue weighted by Crippen LogP contribution is 2.15. The minimum Gasteiger partial charge on any atom is -0.455 e. The number of hydrogen-bond donors (Lipinski definition) is 0. The molecule has 0 fully saturated rings. The van der Waals surface area contributed by atoms with E-state index in [2.05, 4.69) is 13.8 Å². The van der Waals surface area contributed by atoms with Crippen molar-refractivity contribution in [2.45, 2.75) is 40.2 Å². The van der Waals surface area contributed by atoms with Gasteiger partial charge in [-0.2, -0.15) is 0 Å². The molecule has 1 heterocycles. The second kappa shape index (κ2) is 8.17. The molecule has 0 aliphatic carbocycles. The monoisotopic (exact) mass is 298 g/mol. The van der Waals surface area contributed by atoms with Gasteiger partial charge >= 0.3 is 5.97 Å². The fraction of sp³-hybridized carbons (Fsp3) is 0.600. The molecule has 0 saturated carbocycles. The van der Waals surface area contributed by atoms with E-state index >= 15 is 0 Å². The number of carbonyl (C=O) groups excluding carboxylic acids is 2. The van der Waals surface area contributed by atoms with E-state index in [9.17, 15) is 9.59 Å². The van der Waals surface area contributed by atoms with Crippen molar-refractivity contribution in [1.29, 1.82) is 0 Å². The van der Waals surface area contributed by atoms with Crippen molar-refractivity contribution in [2.24, 2.45) is 5.92 Å². The van der Waals surface area contributed by atoms with Gasteiger partial charge in [0.2, 0.25) is 5.78 Å². The lowest BCUT2D eigenvalue weighted by molar-refractivity contribution is -0.155. The number of ether oxygens (including phenoxy) is 2. The second-order valence-corrected chi connectivity index (χ2v) is 6.42. The first-order chi connectivity index (χ1) is 9.40. The maximum absolute atomic E-state index is 11.8. The highest BCUT2D eigenvalue weighted by Gasteiger charge is 2.17. The minimum atomic E-state index is -0.633. The van der Waals surface area contributed by atoms with Crippen LogP contribution in [-0.2, 0) is 14.3 Å². The van der Waals surface area contributed by atoms with Crippen molar-refractivity contribution in [2.75, 3.05) is 13.2 Å². The van der Waals surface area contributed by atoms with Crippen LogP contribution in [-0.4, -0.2) is 31.1 Å². The molecule has 5 heteroatoms. The largest absolute Gasteiger partial charge is 0.455 e. The highest BCUT2D eigenvalue weighted by molar-refractivity contribution is 7.14. The molecule has 0 amide bonds. The quantitative estimate of drug-likeness (QED) is 0.546. The molecule has 112 valence electrons. The third-order valence-electron chi connectivity index (χ3n) is 2.76. The third kappa shape index (κ3) is 5.84. The molecular weight excluding hydrogens is 276 g/mol. The van der Waals surface area contributed by atoms with Crippen LogP contribution in [0.4, 0.5) is 0 Å². The Morgan fingerprint density at radius 3 is 2.50 bits per heavy atom. The van der Waals surface area contributed by atoms with Crippen LogP contribution < -0.4 is 0 Å². The van der Waals surface area contributed by atoms with E-state index in [1.807, 2.05) is 13.0 Å². The summed E-state index contributed by atoms with van der Waals surface area (Å²) in [5, 5.41) is 0. The van der Waals surface area contributed by atoms with Crippen molar-refractivity contribution in [3.63, 3.8) is 0 Å². The molecule has 1 rings (SSSR count). The number of hydrogen-bond acceptors (Lipinski definition) is 5. The van der Waals surface area contributed by atoms with Gasteiger partial charge in [-0.05, 0) is 38.3 Å². The summed E-state index contributed by atoms with van der Waals surface area (Å²) in [6.45, 7) is 8.05. The number of aryl methyl sites for hydroxylation is 1. The lowest BCUT2D eigenvalue weighted by Crippen LogP contribution is -2.26. The van der Waals surface area contributed by atoms with Crippen LogP contribution in [0, 0.1) is 12.8 Å². The smallest absolute Gasteiger partial charge is 0.335 e. The minimum absolute atomic E-state index is 0.175. The maximum Gasteiger partial charge on any atom is 0.335 e. The van der Waals surface area contributed by atoms with E-state index in [0.717, 1.165) is 11.3 Å². The number of Topliss-reactive ketones (excluding diaryl/α,β-unsaturated/α-hetero) is 1. The molecular formula is C15H22O4S. The summed E-state index contributed by atoms with van der Waals surface area (Å²) in [6, 6.07) is 3.62. The van der Waals surface area contributed by atoms with E-state index in [0.29, 0.717) is 17.4 Å². The molecule has 0 N–H and O–H groups in total.